The number of rotatable bonds is 18. The lowest BCUT2D eigenvalue weighted by Crippen LogP contribution is -2.54. The van der Waals surface area contributed by atoms with Crippen LogP contribution in [0.5, 0.6) is 0 Å². The van der Waals surface area contributed by atoms with E-state index in [1.54, 1.807) is 7.05 Å². The minimum Gasteiger partial charge on any atom is -0.359 e. The maximum Gasteiger partial charge on any atom is 0.237 e. The summed E-state index contributed by atoms with van der Waals surface area (Å²) < 4.78 is 0.224. The van der Waals surface area contributed by atoms with E-state index >= 15 is 0 Å². The van der Waals surface area contributed by atoms with Crippen molar-refractivity contribution < 1.29 is 4.79 Å². The van der Waals surface area contributed by atoms with Gasteiger partial charge in [0.1, 0.15) is 0 Å². The molecule has 0 aromatic carbocycles. The Hall–Kier alpha value is -0.600. The van der Waals surface area contributed by atoms with Crippen LogP contribution in [0.2, 0.25) is 0 Å². The highest BCUT2D eigenvalue weighted by molar-refractivity contribution is 8.00. The molecule has 0 aliphatic rings. The molecule has 5 unspecified atom stereocenters. The lowest BCUT2D eigenvalue weighted by Gasteiger charge is -2.43. The van der Waals surface area contributed by atoms with Gasteiger partial charge in [0, 0.05) is 30.9 Å². The lowest BCUT2D eigenvalue weighted by molar-refractivity contribution is -0.124. The molecule has 0 aromatic heterocycles. The normalized spacial score (nSPS) is 19.8. The fraction of sp³-hybridized carbons (Fsp3) is 0.929. The quantitative estimate of drug-likeness (QED) is 0.0667. The molecule has 0 saturated carbocycles. The van der Waals surface area contributed by atoms with Crippen molar-refractivity contribution in [3.63, 3.8) is 0 Å². The molecule has 0 saturated heterocycles. The third-order valence-electron chi connectivity index (χ3n) is 8.21. The Morgan fingerprint density at radius 3 is 2.06 bits per heavy atom. The summed E-state index contributed by atoms with van der Waals surface area (Å²) in [6.07, 6.45) is 7.81. The number of hydrogen-bond acceptors (Lipinski definition) is 5. The van der Waals surface area contributed by atoms with Crippen LogP contribution in [-0.4, -0.2) is 60.3 Å². The maximum atomic E-state index is 13.0. The summed E-state index contributed by atoms with van der Waals surface area (Å²) in [5, 5.41) is 9.53. The Balaban J connectivity index is 5.14. The Labute approximate surface area is 233 Å². The highest BCUT2D eigenvalue weighted by Crippen LogP contribution is 2.46. The van der Waals surface area contributed by atoms with E-state index in [4.69, 9.17) is 5.73 Å². The number of thioether (sulfide) groups is 1. The highest BCUT2D eigenvalue weighted by atomic mass is 32.2. The Kier molecular flexibility index (Phi) is 16.1. The zero-order chi connectivity index (χ0) is 28.0. The number of nitrogens with zero attached hydrogens (tertiary/aromatic N) is 1. The highest BCUT2D eigenvalue weighted by Gasteiger charge is 2.39. The van der Waals surface area contributed by atoms with Gasteiger partial charge < -0.3 is 21.7 Å². The third-order valence-corrected chi connectivity index (χ3v) is 10.9. The van der Waals surface area contributed by atoms with E-state index < -0.39 is 6.04 Å². The second-order valence-corrected chi connectivity index (χ2v) is 13.7. The van der Waals surface area contributed by atoms with Crippen molar-refractivity contribution in [3.8, 4) is 0 Å². The molecule has 214 valence electrons. The molecule has 36 heavy (non-hydrogen) atoms. The zero-order valence-electron chi connectivity index (χ0n) is 25.1. The molecule has 5 N–H and O–H groups in total. The number of nitrogens with two attached hydrogens (primary N) is 1. The molecule has 0 spiro atoms. The summed E-state index contributed by atoms with van der Waals surface area (Å²) in [4.78, 5) is 17.1. The molecule has 0 aliphatic heterocycles. The van der Waals surface area contributed by atoms with Gasteiger partial charge in [-0.1, -0.05) is 48.5 Å². The van der Waals surface area contributed by atoms with Crippen molar-refractivity contribution in [2.75, 3.05) is 32.1 Å². The predicted octanol–water partition coefficient (Wildman–Crippen LogP) is 5.62. The van der Waals surface area contributed by atoms with Crippen LogP contribution in [0.15, 0.2) is 4.99 Å². The van der Waals surface area contributed by atoms with Crippen molar-refractivity contribution >= 4 is 36.3 Å². The Bertz CT molecular complexity index is 672. The number of nitrogens with one attached hydrogen (secondary N) is 3. The standard InChI is InChI=1S/C28H59N5OS2/c1-11-25(5,20-35)19-28(8,14-4)36-21-26(6,12-2)18-27(7,13-3)33-23(34)22(29)16-15-17-32-24(30-9)31-10/h22,35H,11-21,29H2,1-10H3,(H,33,34)(H2,30,31,32). The second kappa shape index (κ2) is 16.4. The minimum atomic E-state index is -0.507. The number of amides is 1. The number of carbonyl (C=O) groups excluding carboxylic acids is 1. The molecule has 0 aromatic rings. The Morgan fingerprint density at radius 1 is 1.00 bits per heavy atom. The average Bonchev–Trinajstić information content (AvgIpc) is 2.87. The van der Waals surface area contributed by atoms with Gasteiger partial charge in [0.05, 0.1) is 6.04 Å². The van der Waals surface area contributed by atoms with Crippen molar-refractivity contribution in [3.05, 3.63) is 0 Å². The van der Waals surface area contributed by atoms with Gasteiger partial charge in [-0.05, 0) is 80.6 Å². The van der Waals surface area contributed by atoms with E-state index in [1.807, 2.05) is 7.05 Å². The molecule has 0 fully saturated rings. The van der Waals surface area contributed by atoms with E-state index in [9.17, 15) is 4.79 Å². The monoisotopic (exact) mass is 545 g/mol. The van der Waals surface area contributed by atoms with Gasteiger partial charge in [0.25, 0.3) is 0 Å². The van der Waals surface area contributed by atoms with Crippen molar-refractivity contribution in [2.24, 2.45) is 21.6 Å². The number of thiol groups is 1. The molecule has 1 amide bonds. The fourth-order valence-electron chi connectivity index (χ4n) is 4.63. The number of carbonyl (C=O) groups is 1. The summed E-state index contributed by atoms with van der Waals surface area (Å²) in [7, 11) is 3.56. The van der Waals surface area contributed by atoms with E-state index in [0.29, 0.717) is 6.42 Å². The van der Waals surface area contributed by atoms with E-state index in [2.05, 4.69) is 101 Å². The third kappa shape index (κ3) is 12.3. The summed E-state index contributed by atoms with van der Waals surface area (Å²) >= 11 is 6.78. The van der Waals surface area contributed by atoms with Crippen LogP contribution < -0.4 is 21.7 Å². The van der Waals surface area contributed by atoms with Crippen LogP contribution in [0.3, 0.4) is 0 Å². The molecule has 0 radical (unpaired) electrons. The van der Waals surface area contributed by atoms with Crippen molar-refractivity contribution in [2.45, 2.75) is 123 Å². The zero-order valence-corrected chi connectivity index (χ0v) is 26.9. The lowest BCUT2D eigenvalue weighted by atomic mass is 9.76. The summed E-state index contributed by atoms with van der Waals surface area (Å²) in [6, 6.07) is -0.507. The van der Waals surface area contributed by atoms with Crippen molar-refractivity contribution in [1.82, 2.24) is 16.0 Å². The van der Waals surface area contributed by atoms with E-state index in [-0.39, 0.29) is 27.0 Å². The van der Waals surface area contributed by atoms with Crippen LogP contribution in [0, 0.1) is 10.8 Å². The van der Waals surface area contributed by atoms with Gasteiger partial charge in [0.2, 0.25) is 5.91 Å². The van der Waals surface area contributed by atoms with Crippen LogP contribution in [0.4, 0.5) is 0 Å². The Morgan fingerprint density at radius 2 is 1.61 bits per heavy atom. The van der Waals surface area contributed by atoms with Crippen LogP contribution >= 0.6 is 24.4 Å². The van der Waals surface area contributed by atoms with Crippen LogP contribution in [0.25, 0.3) is 0 Å². The molecule has 5 atom stereocenters. The molecule has 6 nitrogen and oxygen atoms in total. The number of hydrogen-bond donors (Lipinski definition) is 5. The summed E-state index contributed by atoms with van der Waals surface area (Å²) in [5.74, 6) is 2.70. The predicted molar refractivity (Wildman–Crippen MR) is 166 cm³/mol. The first-order valence-corrected chi connectivity index (χ1v) is 15.5. The fourth-order valence-corrected chi connectivity index (χ4v) is 6.62. The van der Waals surface area contributed by atoms with Gasteiger partial charge in [0.15, 0.2) is 5.96 Å². The van der Waals surface area contributed by atoms with Crippen molar-refractivity contribution in [1.29, 1.82) is 0 Å². The molecule has 0 heterocycles. The molecule has 0 aliphatic carbocycles. The summed E-state index contributed by atoms with van der Waals surface area (Å²) in [5.41, 5.74) is 6.39. The second-order valence-electron chi connectivity index (χ2n) is 11.8. The first-order chi connectivity index (χ1) is 16.7. The average molecular weight is 546 g/mol. The largest absolute Gasteiger partial charge is 0.359 e. The van der Waals surface area contributed by atoms with E-state index in [0.717, 1.165) is 62.5 Å². The SMILES string of the molecule is CCC(C)(CSC(C)(CC)CC(C)(CC)CS)CC(C)(CC)NC(=O)C(N)CCCNC(=NC)NC. The number of aliphatic imine (C=N–C) groups is 1. The van der Waals surface area contributed by atoms with Crippen LogP contribution in [0.1, 0.15) is 107 Å². The van der Waals surface area contributed by atoms with E-state index in [1.165, 1.54) is 6.42 Å². The molecule has 0 bridgehead atoms. The molecule has 0 rings (SSSR count). The number of guanidine groups is 1. The summed E-state index contributed by atoms with van der Waals surface area (Å²) in [6.45, 7) is 19.1. The van der Waals surface area contributed by atoms with Gasteiger partial charge in [-0.15, -0.1) is 0 Å². The maximum absolute atomic E-state index is 13.0. The molecular weight excluding hydrogens is 486 g/mol. The smallest absolute Gasteiger partial charge is 0.237 e. The molecule has 8 heteroatoms. The molecular formula is C28H59N5OS2. The van der Waals surface area contributed by atoms with Gasteiger partial charge in [-0.2, -0.15) is 24.4 Å². The van der Waals surface area contributed by atoms with Gasteiger partial charge in [-0.25, -0.2) is 0 Å². The van der Waals surface area contributed by atoms with Gasteiger partial charge in [-0.3, -0.25) is 9.79 Å². The first-order valence-electron chi connectivity index (χ1n) is 13.9. The van der Waals surface area contributed by atoms with Gasteiger partial charge >= 0.3 is 0 Å². The first kappa shape index (κ1) is 35.4. The topological polar surface area (TPSA) is 91.5 Å². The minimum absolute atomic E-state index is 0.0469. The van der Waals surface area contributed by atoms with Crippen LogP contribution in [-0.2, 0) is 4.79 Å².